The average Bonchev–Trinajstić information content (AvgIpc) is 2.73. The van der Waals surface area contributed by atoms with Gasteiger partial charge >= 0.3 is 0 Å². The van der Waals surface area contributed by atoms with Crippen LogP contribution in [0.1, 0.15) is 12.6 Å². The number of hydrogen-bond donors (Lipinski definition) is 2. The van der Waals surface area contributed by atoms with Crippen LogP contribution >= 0.6 is 0 Å². The first kappa shape index (κ1) is 14.0. The molecule has 1 aromatic carbocycles. The molecule has 0 aliphatic rings. The van der Waals surface area contributed by atoms with Crippen LogP contribution in [0.5, 0.6) is 0 Å². The number of carbonyl (C=O) groups is 1. The van der Waals surface area contributed by atoms with Crippen molar-refractivity contribution in [1.82, 2.24) is 5.16 Å². The number of halogens is 2. The molecule has 0 saturated heterocycles. The monoisotopic (exact) mass is 281 g/mol. The Balaban J connectivity index is 2.00. The van der Waals surface area contributed by atoms with Crippen LogP contribution in [0.3, 0.4) is 0 Å². The number of amides is 1. The zero-order valence-corrected chi connectivity index (χ0v) is 10.9. The summed E-state index contributed by atoms with van der Waals surface area (Å²) in [7, 11) is 0. The molecule has 7 heteroatoms. The second kappa shape index (κ2) is 5.68. The van der Waals surface area contributed by atoms with E-state index in [0.29, 0.717) is 5.69 Å². The van der Waals surface area contributed by atoms with Gasteiger partial charge in [-0.15, -0.1) is 0 Å². The van der Waals surface area contributed by atoms with Crippen molar-refractivity contribution in [3.05, 3.63) is 41.6 Å². The molecule has 0 aliphatic carbocycles. The van der Waals surface area contributed by atoms with E-state index in [1.807, 2.05) is 0 Å². The van der Waals surface area contributed by atoms with Gasteiger partial charge in [0.2, 0.25) is 11.8 Å². The fourth-order valence-corrected chi connectivity index (χ4v) is 1.60. The average molecular weight is 281 g/mol. The van der Waals surface area contributed by atoms with Gasteiger partial charge in [0.25, 0.3) is 0 Å². The Kier molecular flexibility index (Phi) is 3.97. The smallest absolute Gasteiger partial charge is 0.248 e. The molecule has 2 rings (SSSR count). The van der Waals surface area contributed by atoms with Crippen LogP contribution in [0.25, 0.3) is 0 Å². The second-order valence-electron chi connectivity index (χ2n) is 4.35. The summed E-state index contributed by atoms with van der Waals surface area (Å²) >= 11 is 0. The first-order valence-electron chi connectivity index (χ1n) is 5.91. The summed E-state index contributed by atoms with van der Waals surface area (Å²) in [6.07, 6.45) is 0. The van der Waals surface area contributed by atoms with Crippen LogP contribution in [0.4, 0.5) is 20.4 Å². The Bertz CT molecular complexity index is 608. The summed E-state index contributed by atoms with van der Waals surface area (Å²) in [5, 5.41) is 8.82. The first-order valence-corrected chi connectivity index (χ1v) is 5.91. The summed E-state index contributed by atoms with van der Waals surface area (Å²) in [5.74, 6) is -1.63. The number of anilines is 2. The van der Waals surface area contributed by atoms with E-state index in [9.17, 15) is 13.6 Å². The molecule has 20 heavy (non-hydrogen) atoms. The standard InChI is InChI=1S/C13H13F2N3O2/c1-7-3-12(20-18-7)17-13(19)8(2)16-11-5-9(14)4-10(15)6-11/h3-6,8,16H,1-2H3,(H,17,19)/t8-/m0/s1. The Hall–Kier alpha value is -2.44. The molecule has 2 aromatic rings. The molecular formula is C13H13F2N3O2. The molecule has 1 heterocycles. The quantitative estimate of drug-likeness (QED) is 0.904. The van der Waals surface area contributed by atoms with E-state index in [-0.39, 0.29) is 11.6 Å². The third kappa shape index (κ3) is 3.53. The highest BCUT2D eigenvalue weighted by atomic mass is 19.1. The predicted octanol–water partition coefficient (Wildman–Crippen LogP) is 2.70. The van der Waals surface area contributed by atoms with Crippen LogP contribution in [-0.4, -0.2) is 17.1 Å². The molecule has 5 nitrogen and oxygen atoms in total. The number of carbonyl (C=O) groups excluding carboxylic acids is 1. The summed E-state index contributed by atoms with van der Waals surface area (Å²) in [6, 6.07) is 3.82. The molecule has 0 aliphatic heterocycles. The molecule has 0 fully saturated rings. The first-order chi connectivity index (χ1) is 9.44. The summed E-state index contributed by atoms with van der Waals surface area (Å²) in [4.78, 5) is 11.8. The van der Waals surface area contributed by atoms with Crippen molar-refractivity contribution >= 4 is 17.5 Å². The molecule has 0 saturated carbocycles. The zero-order valence-electron chi connectivity index (χ0n) is 10.9. The minimum atomic E-state index is -0.717. The maximum absolute atomic E-state index is 13.0. The third-order valence-electron chi connectivity index (χ3n) is 2.51. The number of aryl methyl sites for hydroxylation is 1. The van der Waals surface area contributed by atoms with Gasteiger partial charge in [0.05, 0.1) is 5.69 Å². The van der Waals surface area contributed by atoms with Crippen molar-refractivity contribution in [2.75, 3.05) is 10.6 Å². The maximum Gasteiger partial charge on any atom is 0.248 e. The van der Waals surface area contributed by atoms with Gasteiger partial charge in [-0.25, -0.2) is 8.78 Å². The minimum Gasteiger partial charge on any atom is -0.374 e. The third-order valence-corrected chi connectivity index (χ3v) is 2.51. The number of benzene rings is 1. The van der Waals surface area contributed by atoms with Crippen molar-refractivity contribution in [1.29, 1.82) is 0 Å². The zero-order chi connectivity index (χ0) is 14.7. The molecule has 0 unspecified atom stereocenters. The number of hydrogen-bond acceptors (Lipinski definition) is 4. The van der Waals surface area contributed by atoms with Gasteiger partial charge in [0.15, 0.2) is 0 Å². The van der Waals surface area contributed by atoms with Crippen molar-refractivity contribution in [2.24, 2.45) is 0 Å². The summed E-state index contributed by atoms with van der Waals surface area (Å²) < 4.78 is 30.9. The normalized spacial score (nSPS) is 12.0. The van der Waals surface area contributed by atoms with Crippen LogP contribution in [-0.2, 0) is 4.79 Å². The van der Waals surface area contributed by atoms with E-state index in [1.54, 1.807) is 19.9 Å². The fourth-order valence-electron chi connectivity index (χ4n) is 1.60. The highest BCUT2D eigenvalue weighted by Crippen LogP contribution is 2.15. The predicted molar refractivity (Wildman–Crippen MR) is 69.3 cm³/mol. The van der Waals surface area contributed by atoms with E-state index in [0.717, 1.165) is 18.2 Å². The minimum absolute atomic E-state index is 0.180. The van der Waals surface area contributed by atoms with Gasteiger partial charge in [-0.05, 0) is 26.0 Å². The number of nitrogens with zero attached hydrogens (tertiary/aromatic N) is 1. The van der Waals surface area contributed by atoms with Gasteiger partial charge in [-0.3, -0.25) is 10.1 Å². The van der Waals surface area contributed by atoms with Gasteiger partial charge in [-0.2, -0.15) is 0 Å². The van der Waals surface area contributed by atoms with Gasteiger partial charge < -0.3 is 9.84 Å². The van der Waals surface area contributed by atoms with Crippen molar-refractivity contribution in [3.8, 4) is 0 Å². The lowest BCUT2D eigenvalue weighted by Gasteiger charge is -2.14. The Morgan fingerprint density at radius 1 is 1.25 bits per heavy atom. The largest absolute Gasteiger partial charge is 0.374 e. The number of aromatic nitrogens is 1. The molecule has 1 aromatic heterocycles. The molecule has 106 valence electrons. The van der Waals surface area contributed by atoms with E-state index in [2.05, 4.69) is 15.8 Å². The highest BCUT2D eigenvalue weighted by molar-refractivity contribution is 5.95. The molecule has 0 radical (unpaired) electrons. The second-order valence-corrected chi connectivity index (χ2v) is 4.35. The van der Waals surface area contributed by atoms with Gasteiger partial charge in [0.1, 0.15) is 17.7 Å². The van der Waals surface area contributed by atoms with Crippen molar-refractivity contribution in [3.63, 3.8) is 0 Å². The van der Waals surface area contributed by atoms with Crippen molar-refractivity contribution < 1.29 is 18.1 Å². The van der Waals surface area contributed by atoms with Gasteiger partial charge in [0, 0.05) is 17.8 Å². The summed E-state index contributed by atoms with van der Waals surface area (Å²) in [6.45, 7) is 3.28. The molecular weight excluding hydrogens is 268 g/mol. The molecule has 2 N–H and O–H groups in total. The Labute approximate surface area is 114 Å². The van der Waals surface area contributed by atoms with Crippen molar-refractivity contribution in [2.45, 2.75) is 19.9 Å². The van der Waals surface area contributed by atoms with E-state index in [4.69, 9.17) is 4.52 Å². The topological polar surface area (TPSA) is 67.2 Å². The molecule has 1 atom stereocenters. The van der Waals surface area contributed by atoms with E-state index in [1.165, 1.54) is 0 Å². The number of rotatable bonds is 4. The van der Waals surface area contributed by atoms with E-state index >= 15 is 0 Å². The number of nitrogens with one attached hydrogen (secondary N) is 2. The highest BCUT2D eigenvalue weighted by Gasteiger charge is 2.15. The fraction of sp³-hybridized carbons (Fsp3) is 0.231. The molecule has 1 amide bonds. The molecule has 0 bridgehead atoms. The van der Waals surface area contributed by atoms with Crippen LogP contribution in [0.2, 0.25) is 0 Å². The van der Waals surface area contributed by atoms with Crippen LogP contribution in [0, 0.1) is 18.6 Å². The Morgan fingerprint density at radius 3 is 2.45 bits per heavy atom. The molecule has 0 spiro atoms. The lowest BCUT2D eigenvalue weighted by atomic mass is 10.2. The summed E-state index contributed by atoms with van der Waals surface area (Å²) in [5.41, 5.74) is 0.812. The van der Waals surface area contributed by atoms with Crippen LogP contribution < -0.4 is 10.6 Å². The Morgan fingerprint density at radius 2 is 1.90 bits per heavy atom. The van der Waals surface area contributed by atoms with Gasteiger partial charge in [-0.1, -0.05) is 5.16 Å². The maximum atomic E-state index is 13.0. The SMILES string of the molecule is Cc1cc(NC(=O)[C@H](C)Nc2cc(F)cc(F)c2)on1. The van der Waals surface area contributed by atoms with E-state index < -0.39 is 23.6 Å². The van der Waals surface area contributed by atoms with Crippen LogP contribution in [0.15, 0.2) is 28.8 Å². The lowest BCUT2D eigenvalue weighted by molar-refractivity contribution is -0.116. The lowest BCUT2D eigenvalue weighted by Crippen LogP contribution is -2.31.